The quantitative estimate of drug-likeness (QED) is 0.673. The van der Waals surface area contributed by atoms with E-state index in [1.807, 2.05) is 26.8 Å². The first-order valence-electron chi connectivity index (χ1n) is 4.37. The Labute approximate surface area is 79.4 Å². The van der Waals surface area contributed by atoms with E-state index in [1.165, 1.54) is 0 Å². The Morgan fingerprint density at radius 2 is 2.00 bits per heavy atom. The molecular formula is C10H16N2O. The molecule has 0 rings (SSSR count). The van der Waals surface area contributed by atoms with Crippen LogP contribution in [0.2, 0.25) is 0 Å². The van der Waals surface area contributed by atoms with Crippen LogP contribution in [-0.4, -0.2) is 11.9 Å². The minimum Gasteiger partial charge on any atom is -0.337 e. The van der Waals surface area contributed by atoms with Crippen LogP contribution in [-0.2, 0) is 4.79 Å². The third-order valence-corrected chi connectivity index (χ3v) is 1.96. The van der Waals surface area contributed by atoms with Crippen molar-refractivity contribution in [3.8, 4) is 6.07 Å². The first-order valence-corrected chi connectivity index (χ1v) is 4.37. The summed E-state index contributed by atoms with van der Waals surface area (Å²) in [5.74, 6) is -0.145. The van der Waals surface area contributed by atoms with Crippen molar-refractivity contribution in [2.24, 2.45) is 0 Å². The summed E-state index contributed by atoms with van der Waals surface area (Å²) in [5, 5.41) is 11.3. The minimum atomic E-state index is -0.373. The molecule has 0 aliphatic rings. The number of hydrogen-bond acceptors (Lipinski definition) is 2. The SMILES string of the molecule is CC[C@H](C#N)NC(=O)C(C)=C(C)C. The monoisotopic (exact) mass is 180 g/mol. The lowest BCUT2D eigenvalue weighted by atomic mass is 10.1. The minimum absolute atomic E-state index is 0.145. The van der Waals surface area contributed by atoms with Crippen LogP contribution in [0.25, 0.3) is 0 Å². The average molecular weight is 180 g/mol. The van der Waals surface area contributed by atoms with Crippen molar-refractivity contribution < 1.29 is 4.79 Å². The highest BCUT2D eigenvalue weighted by Crippen LogP contribution is 2.02. The van der Waals surface area contributed by atoms with Crippen LogP contribution in [0.3, 0.4) is 0 Å². The smallest absolute Gasteiger partial charge is 0.247 e. The van der Waals surface area contributed by atoms with E-state index in [4.69, 9.17) is 5.26 Å². The molecule has 0 spiro atoms. The molecule has 0 radical (unpaired) electrons. The van der Waals surface area contributed by atoms with Gasteiger partial charge in [0.2, 0.25) is 5.91 Å². The van der Waals surface area contributed by atoms with Crippen molar-refractivity contribution >= 4 is 5.91 Å². The molecule has 0 aromatic rings. The van der Waals surface area contributed by atoms with E-state index < -0.39 is 0 Å². The zero-order chi connectivity index (χ0) is 10.4. The molecule has 0 aromatic heterocycles. The van der Waals surface area contributed by atoms with Gasteiger partial charge in [0.1, 0.15) is 6.04 Å². The van der Waals surface area contributed by atoms with Gasteiger partial charge in [0, 0.05) is 5.57 Å². The molecular weight excluding hydrogens is 164 g/mol. The molecule has 0 aromatic carbocycles. The number of allylic oxidation sites excluding steroid dienone is 1. The van der Waals surface area contributed by atoms with Crippen LogP contribution in [0.4, 0.5) is 0 Å². The first-order chi connectivity index (χ1) is 6.02. The van der Waals surface area contributed by atoms with Gasteiger partial charge in [0.25, 0.3) is 0 Å². The van der Waals surface area contributed by atoms with Crippen LogP contribution < -0.4 is 5.32 Å². The van der Waals surface area contributed by atoms with Gasteiger partial charge in [-0.15, -0.1) is 0 Å². The highest BCUT2D eigenvalue weighted by atomic mass is 16.1. The van der Waals surface area contributed by atoms with Crippen molar-refractivity contribution in [2.75, 3.05) is 0 Å². The molecule has 0 saturated carbocycles. The van der Waals surface area contributed by atoms with Crippen molar-refractivity contribution in [1.29, 1.82) is 5.26 Å². The van der Waals surface area contributed by atoms with Crippen LogP contribution in [0.5, 0.6) is 0 Å². The van der Waals surface area contributed by atoms with Gasteiger partial charge in [-0.1, -0.05) is 12.5 Å². The average Bonchev–Trinajstić information content (AvgIpc) is 2.12. The van der Waals surface area contributed by atoms with E-state index in [0.29, 0.717) is 12.0 Å². The summed E-state index contributed by atoms with van der Waals surface area (Å²) in [6, 6.07) is 1.65. The molecule has 0 aliphatic heterocycles. The maximum absolute atomic E-state index is 11.4. The number of nitriles is 1. The van der Waals surface area contributed by atoms with Crippen LogP contribution in [0.1, 0.15) is 34.1 Å². The Morgan fingerprint density at radius 1 is 1.46 bits per heavy atom. The molecule has 0 heterocycles. The third kappa shape index (κ3) is 3.75. The summed E-state index contributed by atoms with van der Waals surface area (Å²) in [5.41, 5.74) is 1.67. The molecule has 13 heavy (non-hydrogen) atoms. The van der Waals surface area contributed by atoms with Crippen molar-refractivity contribution in [2.45, 2.75) is 40.2 Å². The molecule has 3 nitrogen and oxygen atoms in total. The predicted molar refractivity (Wildman–Crippen MR) is 51.9 cm³/mol. The molecule has 1 N–H and O–H groups in total. The van der Waals surface area contributed by atoms with Gasteiger partial charge in [-0.2, -0.15) is 5.26 Å². The molecule has 0 saturated heterocycles. The van der Waals surface area contributed by atoms with Gasteiger partial charge in [-0.25, -0.2) is 0 Å². The van der Waals surface area contributed by atoms with Gasteiger partial charge < -0.3 is 5.32 Å². The summed E-state index contributed by atoms with van der Waals surface area (Å²) in [4.78, 5) is 11.4. The van der Waals surface area contributed by atoms with Crippen molar-refractivity contribution in [1.82, 2.24) is 5.32 Å². The zero-order valence-corrected chi connectivity index (χ0v) is 8.64. The van der Waals surface area contributed by atoms with Crippen molar-refractivity contribution in [3.05, 3.63) is 11.1 Å². The van der Waals surface area contributed by atoms with E-state index >= 15 is 0 Å². The van der Waals surface area contributed by atoms with Gasteiger partial charge in [-0.3, -0.25) is 4.79 Å². The van der Waals surface area contributed by atoms with Crippen molar-refractivity contribution in [3.63, 3.8) is 0 Å². The number of nitrogens with one attached hydrogen (secondary N) is 1. The molecule has 1 atom stereocenters. The zero-order valence-electron chi connectivity index (χ0n) is 8.64. The Balaban J connectivity index is 4.33. The molecule has 0 unspecified atom stereocenters. The van der Waals surface area contributed by atoms with Gasteiger partial charge in [-0.05, 0) is 27.2 Å². The fourth-order valence-corrected chi connectivity index (χ4v) is 0.719. The summed E-state index contributed by atoms with van der Waals surface area (Å²) < 4.78 is 0. The van der Waals surface area contributed by atoms with Crippen LogP contribution in [0, 0.1) is 11.3 Å². The molecule has 0 aliphatic carbocycles. The molecule has 1 amide bonds. The Morgan fingerprint density at radius 3 is 2.31 bits per heavy atom. The summed E-state index contributed by atoms with van der Waals surface area (Å²) >= 11 is 0. The number of carbonyl (C=O) groups is 1. The second kappa shape index (κ2) is 5.36. The number of rotatable bonds is 3. The van der Waals surface area contributed by atoms with Gasteiger partial charge in [0.05, 0.1) is 6.07 Å². The second-order valence-corrected chi connectivity index (χ2v) is 3.19. The number of amides is 1. The lowest BCUT2D eigenvalue weighted by Gasteiger charge is -2.09. The lowest BCUT2D eigenvalue weighted by molar-refractivity contribution is -0.117. The van der Waals surface area contributed by atoms with Crippen LogP contribution >= 0.6 is 0 Å². The highest BCUT2D eigenvalue weighted by molar-refractivity contribution is 5.93. The maximum Gasteiger partial charge on any atom is 0.247 e. The molecule has 3 heteroatoms. The first kappa shape index (κ1) is 11.7. The Kier molecular flexibility index (Phi) is 4.83. The largest absolute Gasteiger partial charge is 0.337 e. The molecule has 0 fully saturated rings. The molecule has 72 valence electrons. The fourth-order valence-electron chi connectivity index (χ4n) is 0.719. The summed E-state index contributed by atoms with van der Waals surface area (Å²) in [6.07, 6.45) is 0.637. The lowest BCUT2D eigenvalue weighted by Crippen LogP contribution is -2.33. The third-order valence-electron chi connectivity index (χ3n) is 1.96. The number of carbonyl (C=O) groups excluding carboxylic acids is 1. The number of nitrogens with zero attached hydrogens (tertiary/aromatic N) is 1. The van der Waals surface area contributed by atoms with E-state index in [-0.39, 0.29) is 11.9 Å². The Bertz CT molecular complexity index is 257. The maximum atomic E-state index is 11.4. The van der Waals surface area contributed by atoms with E-state index in [9.17, 15) is 4.79 Å². The van der Waals surface area contributed by atoms with Gasteiger partial charge >= 0.3 is 0 Å². The fraction of sp³-hybridized carbons (Fsp3) is 0.600. The summed E-state index contributed by atoms with van der Waals surface area (Å²) in [6.45, 7) is 7.38. The summed E-state index contributed by atoms with van der Waals surface area (Å²) in [7, 11) is 0. The normalized spacial score (nSPS) is 11.3. The standard InChI is InChI=1S/C10H16N2O/c1-5-9(6-11)12-10(13)8(4)7(2)3/h9H,5H2,1-4H3,(H,12,13)/t9-/m1/s1. The number of hydrogen-bond donors (Lipinski definition) is 1. The van der Waals surface area contributed by atoms with E-state index in [0.717, 1.165) is 5.57 Å². The highest BCUT2D eigenvalue weighted by Gasteiger charge is 2.10. The predicted octanol–water partition coefficient (Wildman–Crippen LogP) is 1.76. The van der Waals surface area contributed by atoms with Crippen LogP contribution in [0.15, 0.2) is 11.1 Å². The topological polar surface area (TPSA) is 52.9 Å². The van der Waals surface area contributed by atoms with E-state index in [2.05, 4.69) is 5.32 Å². The Hall–Kier alpha value is -1.30. The van der Waals surface area contributed by atoms with E-state index in [1.54, 1.807) is 6.92 Å². The molecule has 0 bridgehead atoms. The second-order valence-electron chi connectivity index (χ2n) is 3.19. The van der Waals surface area contributed by atoms with Gasteiger partial charge in [0.15, 0.2) is 0 Å².